The number of carbonyl (C=O) groups excluding carboxylic acids is 3. The Bertz CT molecular complexity index is 566. The van der Waals surface area contributed by atoms with Crippen molar-refractivity contribution in [3.63, 3.8) is 0 Å². The molecular weight excluding hydrogens is 300 g/mol. The van der Waals surface area contributed by atoms with Crippen molar-refractivity contribution < 1.29 is 14.4 Å². The third-order valence-electron chi connectivity index (χ3n) is 3.58. The number of hydrogen-bond acceptors (Lipinski definition) is 4. The Labute approximate surface area is 134 Å². The van der Waals surface area contributed by atoms with Gasteiger partial charge in [0.25, 0.3) is 0 Å². The summed E-state index contributed by atoms with van der Waals surface area (Å²) in [6.07, 6.45) is 0.929. The lowest BCUT2D eigenvalue weighted by atomic mass is 10.1. The van der Waals surface area contributed by atoms with Gasteiger partial charge >= 0.3 is 0 Å². The highest BCUT2D eigenvalue weighted by molar-refractivity contribution is 8.02. The van der Waals surface area contributed by atoms with Gasteiger partial charge in [-0.15, -0.1) is 11.8 Å². The summed E-state index contributed by atoms with van der Waals surface area (Å²) >= 11 is 1.32. The number of imide groups is 1. The van der Waals surface area contributed by atoms with Crippen molar-refractivity contribution in [2.24, 2.45) is 0 Å². The summed E-state index contributed by atoms with van der Waals surface area (Å²) in [5, 5.41) is 2.12. The van der Waals surface area contributed by atoms with Gasteiger partial charge in [-0.25, -0.2) is 0 Å². The van der Waals surface area contributed by atoms with Gasteiger partial charge in [0, 0.05) is 5.69 Å². The summed E-state index contributed by atoms with van der Waals surface area (Å²) in [6.45, 7) is 5.33. The summed E-state index contributed by atoms with van der Waals surface area (Å²) in [5.74, 6) is -0.966. The first-order valence-electron chi connectivity index (χ1n) is 7.31. The fraction of sp³-hybridized carbons (Fsp3) is 0.438. The van der Waals surface area contributed by atoms with Crippen LogP contribution in [0.3, 0.4) is 0 Å². The molecule has 2 atom stereocenters. The average Bonchev–Trinajstić information content (AvgIpc) is 2.50. The van der Waals surface area contributed by atoms with Crippen LogP contribution in [-0.4, -0.2) is 39.7 Å². The Balaban J connectivity index is 2.00. The number of nitrogens with zero attached hydrogens (tertiary/aromatic N) is 1. The largest absolute Gasteiger partial charge is 0.325 e. The van der Waals surface area contributed by atoms with Gasteiger partial charge in [0.2, 0.25) is 17.7 Å². The normalized spacial score (nSPS) is 21.9. The molecule has 22 heavy (non-hydrogen) atoms. The maximum atomic E-state index is 12.1. The standard InChI is InChI=1S/C16H20N2O3S/c1-4-12-5-7-13(8-6-12)17-14(19)9-18-15(20)10(2)22-11(3)16(18)21/h5-8,10-11H,4,9H2,1-3H3,(H,17,19)/t10-,11+. The number of hydrogen-bond donors (Lipinski definition) is 1. The van der Waals surface area contributed by atoms with E-state index in [4.69, 9.17) is 0 Å². The van der Waals surface area contributed by atoms with Gasteiger partial charge in [0.15, 0.2) is 0 Å². The smallest absolute Gasteiger partial charge is 0.244 e. The van der Waals surface area contributed by atoms with Crippen molar-refractivity contribution in [1.29, 1.82) is 0 Å². The Kier molecular flexibility index (Phi) is 5.24. The molecule has 118 valence electrons. The highest BCUT2D eigenvalue weighted by Crippen LogP contribution is 2.26. The van der Waals surface area contributed by atoms with E-state index in [1.165, 1.54) is 17.3 Å². The molecule has 0 aromatic heterocycles. The fourth-order valence-corrected chi connectivity index (χ4v) is 3.39. The van der Waals surface area contributed by atoms with Gasteiger partial charge in [0.05, 0.1) is 10.5 Å². The minimum Gasteiger partial charge on any atom is -0.325 e. The van der Waals surface area contributed by atoms with Crippen LogP contribution in [0, 0.1) is 0 Å². The second-order valence-corrected chi connectivity index (χ2v) is 6.97. The number of carbonyl (C=O) groups is 3. The second-order valence-electron chi connectivity index (χ2n) is 5.28. The molecule has 0 saturated carbocycles. The lowest BCUT2D eigenvalue weighted by molar-refractivity contribution is -0.147. The molecule has 3 amide bonds. The van der Waals surface area contributed by atoms with Gasteiger partial charge in [-0.3, -0.25) is 19.3 Å². The van der Waals surface area contributed by atoms with E-state index in [0.717, 1.165) is 11.3 Å². The van der Waals surface area contributed by atoms with Crippen molar-refractivity contribution in [3.05, 3.63) is 29.8 Å². The molecule has 1 N–H and O–H groups in total. The van der Waals surface area contributed by atoms with Gasteiger partial charge in [0.1, 0.15) is 6.54 Å². The molecule has 1 aliphatic heterocycles. The van der Waals surface area contributed by atoms with Crippen LogP contribution in [0.1, 0.15) is 26.3 Å². The minimum absolute atomic E-state index is 0.234. The third kappa shape index (κ3) is 3.68. The van der Waals surface area contributed by atoms with Crippen molar-refractivity contribution in [2.75, 3.05) is 11.9 Å². The van der Waals surface area contributed by atoms with Crippen LogP contribution in [0.25, 0.3) is 0 Å². The first-order valence-corrected chi connectivity index (χ1v) is 8.26. The lowest BCUT2D eigenvalue weighted by Crippen LogP contribution is -2.52. The second kappa shape index (κ2) is 6.96. The van der Waals surface area contributed by atoms with E-state index in [1.807, 2.05) is 24.3 Å². The average molecular weight is 320 g/mol. The molecule has 5 nitrogen and oxygen atoms in total. The predicted octanol–water partition coefficient (Wildman–Crippen LogP) is 2.07. The van der Waals surface area contributed by atoms with Crippen LogP contribution < -0.4 is 5.32 Å². The molecular formula is C16H20N2O3S. The zero-order chi connectivity index (χ0) is 16.3. The van der Waals surface area contributed by atoms with Crippen molar-refractivity contribution >= 4 is 35.2 Å². The third-order valence-corrected chi connectivity index (χ3v) is 4.80. The summed E-state index contributed by atoms with van der Waals surface area (Å²) in [4.78, 5) is 37.2. The van der Waals surface area contributed by atoms with Crippen LogP contribution >= 0.6 is 11.8 Å². The van der Waals surface area contributed by atoms with Gasteiger partial charge in [-0.2, -0.15) is 0 Å². The molecule has 1 fully saturated rings. The van der Waals surface area contributed by atoms with Gasteiger partial charge in [-0.05, 0) is 38.0 Å². The SMILES string of the molecule is CCc1ccc(NC(=O)CN2C(=O)[C@H](C)S[C@H](C)C2=O)cc1. The number of amides is 3. The number of benzene rings is 1. The van der Waals surface area contributed by atoms with E-state index in [2.05, 4.69) is 12.2 Å². The number of nitrogens with one attached hydrogen (secondary N) is 1. The topological polar surface area (TPSA) is 66.5 Å². The van der Waals surface area contributed by atoms with Crippen LogP contribution in [-0.2, 0) is 20.8 Å². The van der Waals surface area contributed by atoms with Crippen LogP contribution in [0.5, 0.6) is 0 Å². The number of rotatable bonds is 4. The Morgan fingerprint density at radius 3 is 2.18 bits per heavy atom. The summed E-state index contributed by atoms with van der Waals surface area (Å²) < 4.78 is 0. The van der Waals surface area contributed by atoms with Crippen molar-refractivity contribution in [2.45, 2.75) is 37.7 Å². The molecule has 2 rings (SSSR count). The summed E-state index contributed by atoms with van der Waals surface area (Å²) in [5.41, 5.74) is 1.84. The monoisotopic (exact) mass is 320 g/mol. The van der Waals surface area contributed by atoms with Crippen molar-refractivity contribution in [1.82, 2.24) is 4.90 Å². The van der Waals surface area contributed by atoms with Crippen LogP contribution in [0.15, 0.2) is 24.3 Å². The summed E-state index contributed by atoms with van der Waals surface area (Å²) in [7, 11) is 0. The van der Waals surface area contributed by atoms with Crippen LogP contribution in [0.4, 0.5) is 5.69 Å². The number of anilines is 1. The molecule has 0 unspecified atom stereocenters. The van der Waals surface area contributed by atoms with E-state index >= 15 is 0 Å². The first-order chi connectivity index (χ1) is 10.4. The van der Waals surface area contributed by atoms with Crippen LogP contribution in [0.2, 0.25) is 0 Å². The zero-order valence-electron chi connectivity index (χ0n) is 13.0. The Morgan fingerprint density at radius 2 is 1.68 bits per heavy atom. The molecule has 1 aromatic rings. The molecule has 1 aromatic carbocycles. The maximum absolute atomic E-state index is 12.1. The number of aryl methyl sites for hydroxylation is 1. The molecule has 0 radical (unpaired) electrons. The first kappa shape index (κ1) is 16.5. The maximum Gasteiger partial charge on any atom is 0.244 e. The number of thioether (sulfide) groups is 1. The van der Waals surface area contributed by atoms with E-state index < -0.39 is 0 Å². The fourth-order valence-electron chi connectivity index (χ4n) is 2.29. The highest BCUT2D eigenvalue weighted by Gasteiger charge is 2.37. The zero-order valence-corrected chi connectivity index (χ0v) is 13.8. The minimum atomic E-state index is -0.364. The molecule has 0 aliphatic carbocycles. The molecule has 1 heterocycles. The molecule has 0 bridgehead atoms. The van der Waals surface area contributed by atoms with E-state index in [9.17, 15) is 14.4 Å². The molecule has 1 saturated heterocycles. The Hall–Kier alpha value is -1.82. The van der Waals surface area contributed by atoms with E-state index in [1.54, 1.807) is 13.8 Å². The Morgan fingerprint density at radius 1 is 1.14 bits per heavy atom. The lowest BCUT2D eigenvalue weighted by Gasteiger charge is -2.31. The van der Waals surface area contributed by atoms with Gasteiger partial charge in [-0.1, -0.05) is 19.1 Å². The molecule has 6 heteroatoms. The highest BCUT2D eigenvalue weighted by atomic mass is 32.2. The molecule has 0 spiro atoms. The van der Waals surface area contributed by atoms with E-state index in [0.29, 0.717) is 5.69 Å². The predicted molar refractivity (Wildman–Crippen MR) is 87.7 cm³/mol. The quantitative estimate of drug-likeness (QED) is 0.863. The van der Waals surface area contributed by atoms with Crippen molar-refractivity contribution in [3.8, 4) is 0 Å². The summed E-state index contributed by atoms with van der Waals surface area (Å²) in [6, 6.07) is 7.51. The van der Waals surface area contributed by atoms with E-state index in [-0.39, 0.29) is 34.8 Å². The van der Waals surface area contributed by atoms with Gasteiger partial charge < -0.3 is 5.32 Å². The molecule has 1 aliphatic rings.